The molecule has 7 nitrogen and oxygen atoms in total. The molecule has 0 spiro atoms. The van der Waals surface area contributed by atoms with Crippen LogP contribution in [0.5, 0.6) is 0 Å². The fraction of sp³-hybridized carbons (Fsp3) is 0.154. The topological polar surface area (TPSA) is 90.9 Å². The van der Waals surface area contributed by atoms with Gasteiger partial charge < -0.3 is 4.52 Å². The van der Waals surface area contributed by atoms with E-state index in [4.69, 9.17) is 16.1 Å². The molecule has 0 radical (unpaired) electrons. The largest absolute Gasteiger partial charge is 0.360 e. The van der Waals surface area contributed by atoms with Crippen molar-refractivity contribution in [3.05, 3.63) is 47.1 Å². The van der Waals surface area contributed by atoms with E-state index in [0.717, 1.165) is 4.09 Å². The fourth-order valence-electron chi connectivity index (χ4n) is 2.13. The Morgan fingerprint density at radius 1 is 1.18 bits per heavy atom. The molecule has 0 bridgehead atoms. The standard InChI is InChI=1S/C13H11ClN4O3S/c1-8-11(9(2)21-17-8)22(19,20)18-12(15-13(14)16-18)10-6-4-3-5-7-10/h3-7H,1-2H3. The summed E-state index contributed by atoms with van der Waals surface area (Å²) in [5, 5.41) is 7.32. The van der Waals surface area contributed by atoms with E-state index in [0.29, 0.717) is 5.56 Å². The summed E-state index contributed by atoms with van der Waals surface area (Å²) >= 11 is 5.82. The van der Waals surface area contributed by atoms with Crippen molar-refractivity contribution in [3.63, 3.8) is 0 Å². The van der Waals surface area contributed by atoms with E-state index >= 15 is 0 Å². The number of nitrogens with zero attached hydrogens (tertiary/aromatic N) is 4. The minimum absolute atomic E-state index is 0.0359. The Morgan fingerprint density at radius 2 is 1.86 bits per heavy atom. The Kier molecular flexibility index (Phi) is 3.50. The summed E-state index contributed by atoms with van der Waals surface area (Å²) in [7, 11) is -4.01. The van der Waals surface area contributed by atoms with Crippen LogP contribution in [0, 0.1) is 13.8 Å². The molecule has 2 heterocycles. The molecule has 0 unspecified atom stereocenters. The van der Waals surface area contributed by atoms with Crippen LogP contribution >= 0.6 is 11.6 Å². The number of aryl methyl sites for hydroxylation is 2. The van der Waals surface area contributed by atoms with Gasteiger partial charge in [0, 0.05) is 5.56 Å². The molecular weight excluding hydrogens is 328 g/mol. The molecule has 0 saturated heterocycles. The number of halogens is 1. The molecular formula is C13H11ClN4O3S. The molecule has 0 fully saturated rings. The van der Waals surface area contributed by atoms with Gasteiger partial charge in [0.05, 0.1) is 0 Å². The van der Waals surface area contributed by atoms with Crippen molar-refractivity contribution < 1.29 is 12.9 Å². The van der Waals surface area contributed by atoms with Gasteiger partial charge in [0.2, 0.25) is 5.28 Å². The lowest BCUT2D eigenvalue weighted by Gasteiger charge is -2.06. The van der Waals surface area contributed by atoms with Crippen molar-refractivity contribution >= 4 is 21.6 Å². The first kappa shape index (κ1) is 14.7. The summed E-state index contributed by atoms with van der Waals surface area (Å²) in [4.78, 5) is 3.97. The molecule has 0 atom stereocenters. The number of rotatable bonds is 3. The highest BCUT2D eigenvalue weighted by molar-refractivity contribution is 7.90. The van der Waals surface area contributed by atoms with Crippen LogP contribution in [0.2, 0.25) is 5.28 Å². The summed E-state index contributed by atoms with van der Waals surface area (Å²) in [6, 6.07) is 8.80. The third-order valence-electron chi connectivity index (χ3n) is 3.04. The summed E-state index contributed by atoms with van der Waals surface area (Å²) in [5.74, 6) is 0.314. The van der Waals surface area contributed by atoms with E-state index in [-0.39, 0.29) is 27.5 Å². The monoisotopic (exact) mass is 338 g/mol. The highest BCUT2D eigenvalue weighted by Crippen LogP contribution is 2.27. The SMILES string of the molecule is Cc1noc(C)c1S(=O)(=O)n1nc(Cl)nc1-c1ccccc1. The minimum atomic E-state index is -4.01. The van der Waals surface area contributed by atoms with Crippen molar-refractivity contribution in [3.8, 4) is 11.4 Å². The summed E-state index contributed by atoms with van der Waals surface area (Å²) < 4.78 is 31.4. The van der Waals surface area contributed by atoms with Gasteiger partial charge >= 0.3 is 0 Å². The van der Waals surface area contributed by atoms with Gasteiger partial charge in [0.25, 0.3) is 10.0 Å². The van der Waals surface area contributed by atoms with E-state index in [1.807, 2.05) is 6.07 Å². The highest BCUT2D eigenvalue weighted by Gasteiger charge is 2.30. The summed E-state index contributed by atoms with van der Waals surface area (Å²) in [5.41, 5.74) is 0.834. The maximum Gasteiger partial charge on any atom is 0.290 e. The zero-order valence-corrected chi connectivity index (χ0v) is 13.3. The predicted octanol–water partition coefficient (Wildman–Crippen LogP) is 2.44. The predicted molar refractivity (Wildman–Crippen MR) is 79.0 cm³/mol. The normalized spacial score (nSPS) is 11.8. The van der Waals surface area contributed by atoms with Gasteiger partial charge in [-0.1, -0.05) is 35.5 Å². The van der Waals surface area contributed by atoms with Crippen LogP contribution in [-0.2, 0) is 10.0 Å². The lowest BCUT2D eigenvalue weighted by atomic mass is 10.2. The molecule has 22 heavy (non-hydrogen) atoms. The Morgan fingerprint density at radius 3 is 2.45 bits per heavy atom. The molecule has 114 valence electrons. The Hall–Kier alpha value is -2.19. The van der Waals surface area contributed by atoms with E-state index in [1.54, 1.807) is 31.2 Å². The highest BCUT2D eigenvalue weighted by atomic mass is 35.5. The maximum atomic E-state index is 12.8. The molecule has 0 aliphatic carbocycles. The Labute approximate surface area is 131 Å². The number of hydrogen-bond acceptors (Lipinski definition) is 6. The van der Waals surface area contributed by atoms with Crippen LogP contribution in [0.4, 0.5) is 0 Å². The van der Waals surface area contributed by atoms with Crippen LogP contribution < -0.4 is 0 Å². The van der Waals surface area contributed by atoms with Crippen LogP contribution in [0.15, 0.2) is 39.8 Å². The van der Waals surface area contributed by atoms with Crippen molar-refractivity contribution in [1.29, 1.82) is 0 Å². The van der Waals surface area contributed by atoms with Crippen LogP contribution in [0.25, 0.3) is 11.4 Å². The first-order valence-corrected chi connectivity index (χ1v) is 8.09. The van der Waals surface area contributed by atoms with E-state index in [2.05, 4.69) is 15.2 Å². The molecule has 2 aromatic heterocycles. The van der Waals surface area contributed by atoms with Crippen molar-refractivity contribution in [2.45, 2.75) is 18.7 Å². The van der Waals surface area contributed by atoms with Crippen molar-refractivity contribution in [1.82, 2.24) is 19.3 Å². The molecule has 0 saturated carbocycles. The lowest BCUT2D eigenvalue weighted by molar-refractivity contribution is 0.390. The molecule has 3 rings (SSSR count). The van der Waals surface area contributed by atoms with Crippen molar-refractivity contribution in [2.24, 2.45) is 0 Å². The Balaban J connectivity index is 2.26. The second kappa shape index (κ2) is 5.22. The third-order valence-corrected chi connectivity index (χ3v) is 5.01. The van der Waals surface area contributed by atoms with Gasteiger partial charge in [-0.3, -0.25) is 0 Å². The van der Waals surface area contributed by atoms with Gasteiger partial charge in [-0.2, -0.15) is 13.4 Å². The molecule has 0 N–H and O–H groups in total. The first-order valence-electron chi connectivity index (χ1n) is 6.27. The average molecular weight is 339 g/mol. The molecule has 0 aliphatic heterocycles. The van der Waals surface area contributed by atoms with Gasteiger partial charge in [-0.25, -0.2) is 0 Å². The van der Waals surface area contributed by atoms with Gasteiger partial charge in [-0.15, -0.1) is 9.19 Å². The summed E-state index contributed by atoms with van der Waals surface area (Å²) in [6.07, 6.45) is 0. The number of hydrogen-bond donors (Lipinski definition) is 0. The number of aromatic nitrogens is 4. The fourth-order valence-corrected chi connectivity index (χ4v) is 3.88. The zero-order valence-electron chi connectivity index (χ0n) is 11.7. The van der Waals surface area contributed by atoms with E-state index < -0.39 is 10.0 Å². The average Bonchev–Trinajstić information content (AvgIpc) is 3.03. The van der Waals surface area contributed by atoms with Gasteiger partial charge in [0.1, 0.15) is 5.69 Å². The van der Waals surface area contributed by atoms with Gasteiger partial charge in [-0.05, 0) is 25.4 Å². The number of benzene rings is 1. The van der Waals surface area contributed by atoms with E-state index in [1.165, 1.54) is 6.92 Å². The minimum Gasteiger partial charge on any atom is -0.360 e. The molecule has 3 aromatic rings. The van der Waals surface area contributed by atoms with Crippen LogP contribution in [0.1, 0.15) is 11.5 Å². The zero-order chi connectivity index (χ0) is 15.9. The smallest absolute Gasteiger partial charge is 0.290 e. The van der Waals surface area contributed by atoms with Gasteiger partial charge in [0.15, 0.2) is 16.5 Å². The van der Waals surface area contributed by atoms with E-state index in [9.17, 15) is 8.42 Å². The van der Waals surface area contributed by atoms with Crippen LogP contribution in [-0.4, -0.2) is 27.7 Å². The quantitative estimate of drug-likeness (QED) is 0.728. The molecule has 1 aromatic carbocycles. The maximum absolute atomic E-state index is 12.8. The summed E-state index contributed by atoms with van der Waals surface area (Å²) in [6.45, 7) is 3.07. The first-order chi connectivity index (χ1) is 10.4. The third kappa shape index (κ3) is 2.30. The lowest BCUT2D eigenvalue weighted by Crippen LogP contribution is -2.17. The Bertz CT molecular complexity index is 912. The van der Waals surface area contributed by atoms with Crippen LogP contribution in [0.3, 0.4) is 0 Å². The van der Waals surface area contributed by atoms with Crippen molar-refractivity contribution in [2.75, 3.05) is 0 Å². The molecule has 0 aliphatic rings. The molecule has 9 heteroatoms. The molecule has 0 amide bonds. The second-order valence-electron chi connectivity index (χ2n) is 4.57. The second-order valence-corrected chi connectivity index (χ2v) is 6.61.